The number of benzene rings is 1. The molecule has 0 aliphatic carbocycles. The molecule has 2 rings (SSSR count). The fourth-order valence-corrected chi connectivity index (χ4v) is 3.00. The first-order valence-electron chi connectivity index (χ1n) is 7.84. The Balaban J connectivity index is 2.20. The molecule has 1 amide bonds. The second-order valence-corrected chi connectivity index (χ2v) is 5.73. The van der Waals surface area contributed by atoms with E-state index in [4.69, 9.17) is 0 Å². The summed E-state index contributed by atoms with van der Waals surface area (Å²) in [5.74, 6) is -0.772. The van der Waals surface area contributed by atoms with Crippen LogP contribution in [-0.2, 0) is 16.0 Å². The molecular weight excluding hydrogens is 280 g/mol. The lowest BCUT2D eigenvalue weighted by Gasteiger charge is -2.28. The molecule has 0 saturated carbocycles. The predicted octanol–water partition coefficient (Wildman–Crippen LogP) is 1.93. The van der Waals surface area contributed by atoms with E-state index in [9.17, 15) is 14.7 Å². The summed E-state index contributed by atoms with van der Waals surface area (Å²) in [5, 5.41) is 9.69. The molecule has 0 radical (unpaired) electrons. The van der Waals surface area contributed by atoms with Crippen molar-refractivity contribution >= 4 is 11.9 Å². The summed E-state index contributed by atoms with van der Waals surface area (Å²) in [6, 6.07) is 7.16. The number of carbonyl (C=O) groups excluding carboxylic acids is 1. The third kappa shape index (κ3) is 3.85. The maximum Gasteiger partial charge on any atom is 0.325 e. The van der Waals surface area contributed by atoms with E-state index in [0.29, 0.717) is 26.2 Å². The van der Waals surface area contributed by atoms with Gasteiger partial charge in [-0.25, -0.2) is 0 Å². The third-order valence-electron chi connectivity index (χ3n) is 4.25. The van der Waals surface area contributed by atoms with Crippen LogP contribution >= 0.6 is 0 Å². The first kappa shape index (κ1) is 16.5. The summed E-state index contributed by atoms with van der Waals surface area (Å²) in [4.78, 5) is 27.1. The Kier molecular flexibility index (Phi) is 5.55. The van der Waals surface area contributed by atoms with Crippen molar-refractivity contribution < 1.29 is 14.7 Å². The van der Waals surface area contributed by atoms with Crippen LogP contribution in [-0.4, -0.2) is 53.0 Å². The number of nitrogens with zero attached hydrogens (tertiary/aromatic N) is 2. The molecule has 1 saturated heterocycles. The second-order valence-electron chi connectivity index (χ2n) is 5.73. The highest BCUT2D eigenvalue weighted by atomic mass is 16.4. The molecule has 1 heterocycles. The largest absolute Gasteiger partial charge is 0.480 e. The number of hydrogen-bond donors (Lipinski definition) is 1. The number of rotatable bonds is 4. The number of hydrogen-bond acceptors (Lipinski definition) is 3. The molecule has 0 unspecified atom stereocenters. The fourth-order valence-electron chi connectivity index (χ4n) is 3.00. The van der Waals surface area contributed by atoms with E-state index in [2.05, 4.69) is 6.92 Å². The van der Waals surface area contributed by atoms with E-state index in [1.807, 2.05) is 29.2 Å². The SMILES string of the molecule is CCc1cccc([C@@H](C(=O)O)N2CCCN(C(C)=O)CC2)c1. The molecule has 1 aliphatic rings. The smallest absolute Gasteiger partial charge is 0.325 e. The van der Waals surface area contributed by atoms with Gasteiger partial charge >= 0.3 is 5.97 Å². The molecule has 5 heteroatoms. The lowest BCUT2D eigenvalue weighted by molar-refractivity contribution is -0.143. The molecule has 1 fully saturated rings. The maximum atomic E-state index is 11.8. The number of aliphatic carboxylic acids is 1. The quantitative estimate of drug-likeness (QED) is 0.923. The van der Waals surface area contributed by atoms with Crippen LogP contribution in [0.25, 0.3) is 0 Å². The lowest BCUT2D eigenvalue weighted by atomic mass is 10.0. The predicted molar refractivity (Wildman–Crippen MR) is 84.6 cm³/mol. The minimum absolute atomic E-state index is 0.0571. The first-order valence-corrected chi connectivity index (χ1v) is 7.84. The fraction of sp³-hybridized carbons (Fsp3) is 0.529. The van der Waals surface area contributed by atoms with Gasteiger partial charge in [0.1, 0.15) is 6.04 Å². The van der Waals surface area contributed by atoms with Crippen molar-refractivity contribution in [3.63, 3.8) is 0 Å². The van der Waals surface area contributed by atoms with Crippen molar-refractivity contribution in [3.05, 3.63) is 35.4 Å². The van der Waals surface area contributed by atoms with Crippen LogP contribution in [0.3, 0.4) is 0 Å². The molecule has 1 aliphatic heterocycles. The van der Waals surface area contributed by atoms with E-state index in [-0.39, 0.29) is 5.91 Å². The van der Waals surface area contributed by atoms with Gasteiger partial charge < -0.3 is 10.0 Å². The van der Waals surface area contributed by atoms with Crippen LogP contribution in [0.4, 0.5) is 0 Å². The topological polar surface area (TPSA) is 60.9 Å². The number of carboxylic acid groups (broad SMARTS) is 1. The zero-order chi connectivity index (χ0) is 16.1. The standard InChI is InChI=1S/C17H24N2O3/c1-3-14-6-4-7-15(12-14)16(17(21)22)19-9-5-8-18(10-11-19)13(2)20/h4,6-7,12,16H,3,5,8-11H2,1-2H3,(H,21,22)/t16-/m0/s1. The number of carboxylic acids is 1. The van der Waals surface area contributed by atoms with Crippen LogP contribution in [0.15, 0.2) is 24.3 Å². The van der Waals surface area contributed by atoms with Crippen molar-refractivity contribution in [1.82, 2.24) is 9.80 Å². The third-order valence-corrected chi connectivity index (χ3v) is 4.25. The van der Waals surface area contributed by atoms with Crippen LogP contribution in [0, 0.1) is 0 Å². The molecule has 0 bridgehead atoms. The van der Waals surface area contributed by atoms with Gasteiger partial charge in [0.25, 0.3) is 0 Å². The monoisotopic (exact) mass is 304 g/mol. The zero-order valence-electron chi connectivity index (χ0n) is 13.3. The molecule has 0 spiro atoms. The molecule has 1 aromatic rings. The van der Waals surface area contributed by atoms with Crippen molar-refractivity contribution in [2.75, 3.05) is 26.2 Å². The summed E-state index contributed by atoms with van der Waals surface area (Å²) in [6.45, 7) is 6.20. The van der Waals surface area contributed by atoms with Gasteiger partial charge in [-0.3, -0.25) is 14.5 Å². The molecular formula is C17H24N2O3. The van der Waals surface area contributed by atoms with Gasteiger partial charge in [0, 0.05) is 33.1 Å². The summed E-state index contributed by atoms with van der Waals surface area (Å²) in [7, 11) is 0. The molecule has 1 aromatic carbocycles. The van der Waals surface area contributed by atoms with Crippen LogP contribution in [0.5, 0.6) is 0 Å². The minimum Gasteiger partial charge on any atom is -0.480 e. The van der Waals surface area contributed by atoms with Gasteiger partial charge in [-0.15, -0.1) is 0 Å². The first-order chi connectivity index (χ1) is 10.5. The molecule has 5 nitrogen and oxygen atoms in total. The summed E-state index contributed by atoms with van der Waals surface area (Å²) < 4.78 is 0. The average Bonchev–Trinajstić information content (AvgIpc) is 2.73. The number of amides is 1. The van der Waals surface area contributed by atoms with Crippen LogP contribution in [0.1, 0.15) is 37.4 Å². The van der Waals surface area contributed by atoms with Crippen molar-refractivity contribution in [2.45, 2.75) is 32.7 Å². The van der Waals surface area contributed by atoms with Crippen molar-refractivity contribution in [1.29, 1.82) is 0 Å². The van der Waals surface area contributed by atoms with Gasteiger partial charge in [-0.05, 0) is 24.0 Å². The van der Waals surface area contributed by atoms with Gasteiger partial charge in [0.05, 0.1) is 0 Å². The van der Waals surface area contributed by atoms with Gasteiger partial charge in [0.2, 0.25) is 5.91 Å². The van der Waals surface area contributed by atoms with E-state index >= 15 is 0 Å². The number of aryl methyl sites for hydroxylation is 1. The molecule has 22 heavy (non-hydrogen) atoms. The highest BCUT2D eigenvalue weighted by molar-refractivity contribution is 5.76. The highest BCUT2D eigenvalue weighted by Crippen LogP contribution is 2.24. The molecule has 1 atom stereocenters. The Morgan fingerprint density at radius 3 is 2.64 bits per heavy atom. The number of carbonyl (C=O) groups is 2. The Morgan fingerprint density at radius 2 is 2.00 bits per heavy atom. The highest BCUT2D eigenvalue weighted by Gasteiger charge is 2.29. The van der Waals surface area contributed by atoms with E-state index in [0.717, 1.165) is 24.0 Å². The van der Waals surface area contributed by atoms with E-state index in [1.54, 1.807) is 11.8 Å². The van der Waals surface area contributed by atoms with Gasteiger partial charge in [0.15, 0.2) is 0 Å². The minimum atomic E-state index is -0.829. The Labute approximate surface area is 131 Å². The average molecular weight is 304 g/mol. The molecule has 0 aromatic heterocycles. The normalized spacial score (nSPS) is 17.8. The maximum absolute atomic E-state index is 11.8. The van der Waals surface area contributed by atoms with Crippen LogP contribution < -0.4 is 0 Å². The Bertz CT molecular complexity index is 544. The summed E-state index contributed by atoms with van der Waals surface area (Å²) in [5.41, 5.74) is 1.96. The van der Waals surface area contributed by atoms with Crippen molar-refractivity contribution in [3.8, 4) is 0 Å². The van der Waals surface area contributed by atoms with Crippen LogP contribution in [0.2, 0.25) is 0 Å². The van der Waals surface area contributed by atoms with Gasteiger partial charge in [-0.2, -0.15) is 0 Å². The van der Waals surface area contributed by atoms with Gasteiger partial charge in [-0.1, -0.05) is 31.2 Å². The Morgan fingerprint density at radius 1 is 1.23 bits per heavy atom. The summed E-state index contributed by atoms with van der Waals surface area (Å²) >= 11 is 0. The van der Waals surface area contributed by atoms with E-state index in [1.165, 1.54) is 0 Å². The van der Waals surface area contributed by atoms with Crippen molar-refractivity contribution in [2.24, 2.45) is 0 Å². The molecule has 1 N–H and O–H groups in total. The summed E-state index contributed by atoms with van der Waals surface area (Å²) in [6.07, 6.45) is 1.69. The Hall–Kier alpha value is -1.88. The second kappa shape index (κ2) is 7.40. The zero-order valence-corrected chi connectivity index (χ0v) is 13.3. The lowest BCUT2D eigenvalue weighted by Crippen LogP contribution is -2.38. The van der Waals surface area contributed by atoms with E-state index < -0.39 is 12.0 Å². The molecule has 120 valence electrons.